The Morgan fingerprint density at radius 1 is 1.44 bits per heavy atom. The monoisotopic (exact) mass is 229 g/mol. The summed E-state index contributed by atoms with van der Waals surface area (Å²) in [5, 5.41) is 0. The van der Waals surface area contributed by atoms with E-state index in [1.165, 1.54) is 25.7 Å². The smallest absolute Gasteiger partial charge is 0.322 e. The quantitative estimate of drug-likeness (QED) is 0.530. The number of nitrogens with two attached hydrogens (primary N) is 1. The van der Waals surface area contributed by atoms with Crippen molar-refractivity contribution in [1.82, 2.24) is 0 Å². The third-order valence-electron chi connectivity index (χ3n) is 3.10. The molecule has 0 spiro atoms. The van der Waals surface area contributed by atoms with Crippen LogP contribution in [0.1, 0.15) is 38.5 Å². The van der Waals surface area contributed by atoms with Gasteiger partial charge in [0.25, 0.3) is 0 Å². The van der Waals surface area contributed by atoms with E-state index < -0.39 is 6.04 Å². The van der Waals surface area contributed by atoms with Crippen molar-refractivity contribution in [3.8, 4) is 0 Å². The summed E-state index contributed by atoms with van der Waals surface area (Å²) >= 11 is 0. The minimum Gasteiger partial charge on any atom is -0.464 e. The lowest BCUT2D eigenvalue weighted by Crippen LogP contribution is -2.33. The van der Waals surface area contributed by atoms with Gasteiger partial charge < -0.3 is 15.2 Å². The highest BCUT2D eigenvalue weighted by molar-refractivity contribution is 5.75. The van der Waals surface area contributed by atoms with E-state index >= 15 is 0 Å². The van der Waals surface area contributed by atoms with Crippen molar-refractivity contribution in [3.63, 3.8) is 0 Å². The molecule has 4 heteroatoms. The molecule has 1 unspecified atom stereocenters. The fraction of sp³-hybridized carbons (Fsp3) is 0.917. The molecule has 1 atom stereocenters. The molecule has 1 saturated carbocycles. The molecule has 0 bridgehead atoms. The van der Waals surface area contributed by atoms with Gasteiger partial charge in [0.2, 0.25) is 0 Å². The molecule has 0 heterocycles. The van der Waals surface area contributed by atoms with Gasteiger partial charge in [0.05, 0.1) is 6.61 Å². The Hall–Kier alpha value is -0.610. The SMILES string of the molecule is COCCCC(N)C(=O)OCC1CCCC1. The molecule has 0 aliphatic heterocycles. The fourth-order valence-corrected chi connectivity index (χ4v) is 2.05. The second kappa shape index (κ2) is 7.63. The van der Waals surface area contributed by atoms with Gasteiger partial charge in [0.1, 0.15) is 6.04 Å². The third kappa shape index (κ3) is 4.94. The van der Waals surface area contributed by atoms with E-state index in [-0.39, 0.29) is 5.97 Å². The van der Waals surface area contributed by atoms with Crippen LogP contribution in [0.5, 0.6) is 0 Å². The fourth-order valence-electron chi connectivity index (χ4n) is 2.05. The number of carbonyl (C=O) groups is 1. The van der Waals surface area contributed by atoms with Crippen molar-refractivity contribution in [2.75, 3.05) is 20.3 Å². The maximum atomic E-state index is 11.5. The van der Waals surface area contributed by atoms with Crippen molar-refractivity contribution in [1.29, 1.82) is 0 Å². The summed E-state index contributed by atoms with van der Waals surface area (Å²) in [6, 6.07) is -0.489. The van der Waals surface area contributed by atoms with Crippen molar-refractivity contribution >= 4 is 5.97 Å². The van der Waals surface area contributed by atoms with Crippen LogP contribution in [-0.4, -0.2) is 32.3 Å². The first-order valence-electron chi connectivity index (χ1n) is 6.15. The van der Waals surface area contributed by atoms with Crippen molar-refractivity contribution in [2.24, 2.45) is 11.7 Å². The summed E-state index contributed by atoms with van der Waals surface area (Å²) in [4.78, 5) is 11.5. The van der Waals surface area contributed by atoms with E-state index in [1.807, 2.05) is 0 Å². The largest absolute Gasteiger partial charge is 0.464 e. The van der Waals surface area contributed by atoms with Crippen LogP contribution >= 0.6 is 0 Å². The van der Waals surface area contributed by atoms with Crippen LogP contribution in [0.2, 0.25) is 0 Å². The Labute approximate surface area is 97.5 Å². The lowest BCUT2D eigenvalue weighted by atomic mass is 10.1. The molecule has 0 aromatic carbocycles. The molecule has 0 aromatic heterocycles. The van der Waals surface area contributed by atoms with Crippen LogP contribution in [0, 0.1) is 5.92 Å². The molecule has 1 aliphatic rings. The zero-order valence-corrected chi connectivity index (χ0v) is 10.1. The maximum Gasteiger partial charge on any atom is 0.322 e. The van der Waals surface area contributed by atoms with Crippen molar-refractivity contribution in [3.05, 3.63) is 0 Å². The highest BCUT2D eigenvalue weighted by atomic mass is 16.5. The molecule has 94 valence electrons. The van der Waals surface area contributed by atoms with Gasteiger partial charge in [-0.3, -0.25) is 4.79 Å². The van der Waals surface area contributed by atoms with Crippen molar-refractivity contribution in [2.45, 2.75) is 44.6 Å². The van der Waals surface area contributed by atoms with Gasteiger partial charge in [-0.2, -0.15) is 0 Å². The summed E-state index contributed by atoms with van der Waals surface area (Å²) in [5.74, 6) is 0.304. The molecule has 2 N–H and O–H groups in total. The number of rotatable bonds is 7. The first kappa shape index (κ1) is 13.5. The first-order chi connectivity index (χ1) is 7.74. The minimum atomic E-state index is -0.489. The molecular weight excluding hydrogens is 206 g/mol. The number of hydrogen-bond donors (Lipinski definition) is 1. The molecule has 0 amide bonds. The van der Waals surface area contributed by atoms with Crippen LogP contribution < -0.4 is 5.73 Å². The summed E-state index contributed by atoms with van der Waals surface area (Å²) in [6.07, 6.45) is 6.34. The third-order valence-corrected chi connectivity index (χ3v) is 3.10. The predicted octanol–water partition coefficient (Wildman–Crippen LogP) is 1.47. The Kier molecular flexibility index (Phi) is 6.42. The summed E-state index contributed by atoms with van der Waals surface area (Å²) in [5.41, 5.74) is 5.71. The Morgan fingerprint density at radius 3 is 2.75 bits per heavy atom. The molecule has 1 fully saturated rings. The van der Waals surface area contributed by atoms with Crippen LogP contribution in [0.4, 0.5) is 0 Å². The molecule has 1 aliphatic carbocycles. The average Bonchev–Trinajstić information content (AvgIpc) is 2.79. The van der Waals surface area contributed by atoms with Gasteiger partial charge in [-0.25, -0.2) is 0 Å². The molecular formula is C12H23NO3. The average molecular weight is 229 g/mol. The molecule has 1 rings (SSSR count). The Morgan fingerprint density at radius 2 is 2.12 bits per heavy atom. The van der Waals surface area contributed by atoms with Crippen LogP contribution in [0.15, 0.2) is 0 Å². The summed E-state index contributed by atoms with van der Waals surface area (Å²) < 4.78 is 10.1. The molecule has 4 nitrogen and oxygen atoms in total. The Bertz CT molecular complexity index is 202. The normalized spacial score (nSPS) is 18.6. The second-order valence-electron chi connectivity index (χ2n) is 4.52. The van der Waals surface area contributed by atoms with Gasteiger partial charge in [-0.1, -0.05) is 12.8 Å². The lowest BCUT2D eigenvalue weighted by Gasteiger charge is -2.14. The first-order valence-corrected chi connectivity index (χ1v) is 6.15. The van der Waals surface area contributed by atoms with E-state index in [9.17, 15) is 4.79 Å². The van der Waals surface area contributed by atoms with E-state index in [0.717, 1.165) is 6.42 Å². The standard InChI is InChI=1S/C12H23NO3/c1-15-8-4-7-11(13)12(14)16-9-10-5-2-3-6-10/h10-11H,2-9,13H2,1H3. The number of hydrogen-bond acceptors (Lipinski definition) is 4. The van der Waals surface area contributed by atoms with Gasteiger partial charge in [0, 0.05) is 13.7 Å². The second-order valence-corrected chi connectivity index (χ2v) is 4.52. The van der Waals surface area contributed by atoms with Crippen molar-refractivity contribution < 1.29 is 14.3 Å². The number of carbonyl (C=O) groups excluding carboxylic acids is 1. The number of ether oxygens (including phenoxy) is 2. The number of esters is 1. The molecule has 0 saturated heterocycles. The van der Waals surface area contributed by atoms with E-state index in [4.69, 9.17) is 15.2 Å². The zero-order valence-electron chi connectivity index (χ0n) is 10.1. The van der Waals surface area contributed by atoms with Crippen LogP contribution in [0.25, 0.3) is 0 Å². The van der Waals surface area contributed by atoms with Gasteiger partial charge in [0.15, 0.2) is 0 Å². The van der Waals surface area contributed by atoms with Gasteiger partial charge in [-0.15, -0.1) is 0 Å². The number of methoxy groups -OCH3 is 1. The minimum absolute atomic E-state index is 0.261. The van der Waals surface area contributed by atoms with Crippen LogP contribution in [-0.2, 0) is 14.3 Å². The molecule has 0 radical (unpaired) electrons. The van der Waals surface area contributed by atoms with E-state index in [2.05, 4.69) is 0 Å². The van der Waals surface area contributed by atoms with Gasteiger partial charge in [-0.05, 0) is 31.6 Å². The lowest BCUT2D eigenvalue weighted by molar-refractivity contribution is -0.146. The highest BCUT2D eigenvalue weighted by Crippen LogP contribution is 2.24. The summed E-state index contributed by atoms with van der Waals surface area (Å²) in [6.45, 7) is 1.19. The zero-order chi connectivity index (χ0) is 11.8. The van der Waals surface area contributed by atoms with Crippen LogP contribution in [0.3, 0.4) is 0 Å². The maximum absolute atomic E-state index is 11.5. The van der Waals surface area contributed by atoms with E-state index in [0.29, 0.717) is 25.6 Å². The predicted molar refractivity (Wildman–Crippen MR) is 62.0 cm³/mol. The van der Waals surface area contributed by atoms with Gasteiger partial charge >= 0.3 is 5.97 Å². The Balaban J connectivity index is 2.08. The highest BCUT2D eigenvalue weighted by Gasteiger charge is 2.19. The molecule has 0 aromatic rings. The molecule has 16 heavy (non-hydrogen) atoms. The van der Waals surface area contributed by atoms with E-state index in [1.54, 1.807) is 7.11 Å². The topological polar surface area (TPSA) is 61.5 Å². The summed E-state index contributed by atoms with van der Waals surface area (Å²) in [7, 11) is 1.64.